The zero-order chi connectivity index (χ0) is 14.7. The van der Waals surface area contributed by atoms with Crippen molar-refractivity contribution in [3.63, 3.8) is 0 Å². The molecule has 1 aliphatic rings. The first-order chi connectivity index (χ1) is 10.3. The Labute approximate surface area is 123 Å². The molecular weight excluding hydrogens is 266 g/mol. The number of ether oxygens (including phenoxy) is 1. The van der Waals surface area contributed by atoms with Crippen LogP contribution in [-0.2, 0) is 0 Å². The van der Waals surface area contributed by atoms with Crippen molar-refractivity contribution in [2.24, 2.45) is 0 Å². The highest BCUT2D eigenvalue weighted by Gasteiger charge is 2.25. The van der Waals surface area contributed by atoms with Crippen LogP contribution in [0.25, 0.3) is 0 Å². The highest BCUT2D eigenvalue weighted by molar-refractivity contribution is 5.95. The number of amides is 1. The van der Waals surface area contributed by atoms with Gasteiger partial charge in [-0.1, -0.05) is 18.2 Å². The van der Waals surface area contributed by atoms with Gasteiger partial charge in [0.1, 0.15) is 18.2 Å². The van der Waals surface area contributed by atoms with Crippen molar-refractivity contribution in [2.45, 2.75) is 13.0 Å². The number of pyridine rings is 1. The van der Waals surface area contributed by atoms with E-state index in [2.05, 4.69) is 15.6 Å². The number of fused-ring (bicyclic) bond motifs is 1. The third kappa shape index (κ3) is 2.81. The molecule has 5 heteroatoms. The van der Waals surface area contributed by atoms with Crippen molar-refractivity contribution in [2.75, 3.05) is 18.5 Å². The van der Waals surface area contributed by atoms with Crippen LogP contribution in [0, 0.1) is 0 Å². The SMILES string of the molecule is CCNc1cc(C(=O)NC2COc3ccccc32)ccn1. The molecule has 0 saturated carbocycles. The molecule has 1 aromatic heterocycles. The second-order valence-corrected chi connectivity index (χ2v) is 4.83. The summed E-state index contributed by atoms with van der Waals surface area (Å²) in [5.74, 6) is 1.42. The topological polar surface area (TPSA) is 63.2 Å². The number of anilines is 1. The summed E-state index contributed by atoms with van der Waals surface area (Å²) >= 11 is 0. The highest BCUT2D eigenvalue weighted by atomic mass is 16.5. The molecule has 1 unspecified atom stereocenters. The van der Waals surface area contributed by atoms with E-state index in [4.69, 9.17) is 4.74 Å². The molecule has 1 aromatic carbocycles. The monoisotopic (exact) mass is 283 g/mol. The molecule has 21 heavy (non-hydrogen) atoms. The van der Waals surface area contributed by atoms with Crippen molar-refractivity contribution in [3.8, 4) is 5.75 Å². The van der Waals surface area contributed by atoms with Gasteiger partial charge in [-0.05, 0) is 25.1 Å². The fourth-order valence-electron chi connectivity index (χ4n) is 2.37. The molecule has 5 nitrogen and oxygen atoms in total. The largest absolute Gasteiger partial charge is 0.491 e. The Bertz CT molecular complexity index is 657. The van der Waals surface area contributed by atoms with Crippen molar-refractivity contribution < 1.29 is 9.53 Å². The predicted octanol–water partition coefficient (Wildman–Crippen LogP) is 2.38. The minimum atomic E-state index is -0.123. The quantitative estimate of drug-likeness (QED) is 0.904. The molecule has 0 aliphatic carbocycles. The number of nitrogens with zero attached hydrogens (tertiary/aromatic N) is 1. The lowest BCUT2D eigenvalue weighted by Gasteiger charge is -2.12. The Morgan fingerprint density at radius 3 is 3.10 bits per heavy atom. The van der Waals surface area contributed by atoms with Crippen LogP contribution in [0.4, 0.5) is 5.82 Å². The number of aromatic nitrogens is 1. The normalized spacial score (nSPS) is 16.0. The summed E-state index contributed by atoms with van der Waals surface area (Å²) in [5, 5.41) is 6.10. The van der Waals surface area contributed by atoms with E-state index in [9.17, 15) is 4.79 Å². The maximum Gasteiger partial charge on any atom is 0.252 e. The second kappa shape index (κ2) is 5.83. The van der Waals surface area contributed by atoms with Gasteiger partial charge >= 0.3 is 0 Å². The molecule has 0 radical (unpaired) electrons. The molecule has 1 amide bonds. The van der Waals surface area contributed by atoms with Crippen LogP contribution >= 0.6 is 0 Å². The average Bonchev–Trinajstić information content (AvgIpc) is 2.91. The third-order valence-corrected chi connectivity index (χ3v) is 3.39. The summed E-state index contributed by atoms with van der Waals surface area (Å²) < 4.78 is 5.57. The van der Waals surface area contributed by atoms with E-state index in [1.54, 1.807) is 18.3 Å². The number of para-hydroxylation sites is 1. The Morgan fingerprint density at radius 2 is 2.24 bits per heavy atom. The number of hydrogen-bond donors (Lipinski definition) is 2. The molecule has 1 atom stereocenters. The smallest absolute Gasteiger partial charge is 0.252 e. The van der Waals surface area contributed by atoms with Crippen LogP contribution in [0.1, 0.15) is 28.9 Å². The first-order valence-electron chi connectivity index (χ1n) is 7.00. The number of nitrogens with one attached hydrogen (secondary N) is 2. The maximum absolute atomic E-state index is 12.3. The fourth-order valence-corrected chi connectivity index (χ4v) is 2.37. The van der Waals surface area contributed by atoms with E-state index in [0.29, 0.717) is 18.0 Å². The van der Waals surface area contributed by atoms with E-state index in [1.807, 2.05) is 31.2 Å². The van der Waals surface area contributed by atoms with Crippen molar-refractivity contribution in [3.05, 3.63) is 53.7 Å². The summed E-state index contributed by atoms with van der Waals surface area (Å²) in [6.07, 6.45) is 1.63. The van der Waals surface area contributed by atoms with E-state index in [0.717, 1.165) is 17.9 Å². The van der Waals surface area contributed by atoms with Gasteiger partial charge in [0.15, 0.2) is 0 Å². The lowest BCUT2D eigenvalue weighted by Crippen LogP contribution is -2.29. The average molecular weight is 283 g/mol. The van der Waals surface area contributed by atoms with Crippen LogP contribution < -0.4 is 15.4 Å². The number of carbonyl (C=O) groups excluding carboxylic acids is 1. The summed E-state index contributed by atoms with van der Waals surface area (Å²) in [4.78, 5) is 16.5. The van der Waals surface area contributed by atoms with Crippen LogP contribution in [0.15, 0.2) is 42.6 Å². The first-order valence-corrected chi connectivity index (χ1v) is 7.00. The highest BCUT2D eigenvalue weighted by Crippen LogP contribution is 2.31. The Kier molecular flexibility index (Phi) is 3.73. The molecule has 2 aromatic rings. The minimum Gasteiger partial charge on any atom is -0.491 e. The number of hydrogen-bond acceptors (Lipinski definition) is 4. The molecule has 3 rings (SSSR count). The summed E-state index contributed by atoms with van der Waals surface area (Å²) in [6, 6.07) is 11.1. The molecular formula is C16H17N3O2. The zero-order valence-corrected chi connectivity index (χ0v) is 11.8. The summed E-state index contributed by atoms with van der Waals surface area (Å²) in [7, 11) is 0. The molecule has 0 spiro atoms. The van der Waals surface area contributed by atoms with Gasteiger partial charge in [-0.3, -0.25) is 4.79 Å². The minimum absolute atomic E-state index is 0.107. The maximum atomic E-state index is 12.3. The molecule has 2 N–H and O–H groups in total. The van der Waals surface area contributed by atoms with E-state index in [-0.39, 0.29) is 11.9 Å². The second-order valence-electron chi connectivity index (χ2n) is 4.83. The van der Waals surface area contributed by atoms with Crippen LogP contribution in [0.2, 0.25) is 0 Å². The Morgan fingerprint density at radius 1 is 1.38 bits per heavy atom. The van der Waals surface area contributed by atoms with Gasteiger partial charge in [0.2, 0.25) is 0 Å². The Balaban J connectivity index is 1.74. The molecule has 108 valence electrons. The zero-order valence-electron chi connectivity index (χ0n) is 11.8. The van der Waals surface area contributed by atoms with Crippen LogP contribution in [0.3, 0.4) is 0 Å². The molecule has 1 aliphatic heterocycles. The van der Waals surface area contributed by atoms with Crippen LogP contribution in [-0.4, -0.2) is 24.0 Å². The predicted molar refractivity (Wildman–Crippen MR) is 80.5 cm³/mol. The van der Waals surface area contributed by atoms with Gasteiger partial charge < -0.3 is 15.4 Å². The molecule has 0 saturated heterocycles. The summed E-state index contributed by atoms with van der Waals surface area (Å²) in [5.41, 5.74) is 1.61. The Hall–Kier alpha value is -2.56. The number of benzene rings is 1. The lowest BCUT2D eigenvalue weighted by atomic mass is 10.1. The van der Waals surface area contributed by atoms with Gasteiger partial charge in [0.05, 0.1) is 6.04 Å². The fraction of sp³-hybridized carbons (Fsp3) is 0.250. The first kappa shape index (κ1) is 13.4. The van der Waals surface area contributed by atoms with E-state index in [1.165, 1.54) is 0 Å². The number of carbonyl (C=O) groups is 1. The van der Waals surface area contributed by atoms with Crippen molar-refractivity contribution >= 4 is 11.7 Å². The van der Waals surface area contributed by atoms with Crippen LogP contribution in [0.5, 0.6) is 5.75 Å². The van der Waals surface area contributed by atoms with Gasteiger partial charge in [-0.2, -0.15) is 0 Å². The van der Waals surface area contributed by atoms with Crippen molar-refractivity contribution in [1.82, 2.24) is 10.3 Å². The molecule has 0 bridgehead atoms. The van der Waals surface area contributed by atoms with E-state index < -0.39 is 0 Å². The summed E-state index contributed by atoms with van der Waals surface area (Å²) in [6.45, 7) is 3.22. The van der Waals surface area contributed by atoms with Gasteiger partial charge in [-0.25, -0.2) is 4.98 Å². The van der Waals surface area contributed by atoms with Gasteiger partial charge in [0, 0.05) is 23.9 Å². The third-order valence-electron chi connectivity index (χ3n) is 3.39. The lowest BCUT2D eigenvalue weighted by molar-refractivity contribution is 0.0930. The standard InChI is InChI=1S/C16H17N3O2/c1-2-17-15-9-11(7-8-18-15)16(20)19-13-10-21-14-6-4-3-5-12(13)14/h3-9,13H,2,10H2,1H3,(H,17,18)(H,19,20). The number of rotatable bonds is 4. The van der Waals surface area contributed by atoms with Crippen molar-refractivity contribution in [1.29, 1.82) is 0 Å². The molecule has 0 fully saturated rings. The van der Waals surface area contributed by atoms with E-state index >= 15 is 0 Å². The van der Waals surface area contributed by atoms with Gasteiger partial charge in [0.25, 0.3) is 5.91 Å². The molecule has 2 heterocycles. The van der Waals surface area contributed by atoms with Gasteiger partial charge in [-0.15, -0.1) is 0 Å².